The molecule has 1 spiro atoms. The van der Waals surface area contributed by atoms with E-state index in [4.69, 9.17) is 23.2 Å². The van der Waals surface area contributed by atoms with Crippen LogP contribution in [-0.2, 0) is 10.2 Å². The summed E-state index contributed by atoms with van der Waals surface area (Å²) in [6.45, 7) is 6.98. The van der Waals surface area contributed by atoms with Crippen LogP contribution in [0.5, 0.6) is 0 Å². The van der Waals surface area contributed by atoms with Gasteiger partial charge in [0.25, 0.3) is 0 Å². The quantitative estimate of drug-likeness (QED) is 0.624. The first-order chi connectivity index (χ1) is 14.1. The van der Waals surface area contributed by atoms with Gasteiger partial charge in [-0.15, -0.1) is 0 Å². The summed E-state index contributed by atoms with van der Waals surface area (Å²) >= 11 is 12.5. The van der Waals surface area contributed by atoms with Crippen LogP contribution in [0.25, 0.3) is 0 Å². The third kappa shape index (κ3) is 3.20. The number of imide groups is 1. The molecule has 0 bridgehead atoms. The molecule has 2 aliphatic rings. The average molecular weight is 447 g/mol. The smallest absolute Gasteiger partial charge is 0.418 e. The lowest BCUT2D eigenvalue weighted by atomic mass is 9.63. The predicted octanol–water partition coefficient (Wildman–Crippen LogP) is 5.65. The molecule has 0 unspecified atom stereocenters. The van der Waals surface area contributed by atoms with Crippen LogP contribution >= 0.6 is 23.2 Å². The molecular formula is C23H24Cl2N2O3. The van der Waals surface area contributed by atoms with E-state index in [0.717, 1.165) is 16.9 Å². The fourth-order valence-electron chi connectivity index (χ4n) is 5.17. The number of benzene rings is 2. The highest BCUT2D eigenvalue weighted by Gasteiger charge is 2.64. The van der Waals surface area contributed by atoms with E-state index in [1.165, 1.54) is 0 Å². The molecular weight excluding hydrogens is 423 g/mol. The number of hydrogen-bond donors (Lipinski definition) is 2. The number of halogens is 2. The maximum absolute atomic E-state index is 13.9. The normalized spacial score (nSPS) is 25.8. The molecule has 2 amide bonds. The van der Waals surface area contributed by atoms with Crippen molar-refractivity contribution < 1.29 is 14.7 Å². The van der Waals surface area contributed by atoms with Crippen molar-refractivity contribution in [3.63, 3.8) is 0 Å². The first-order valence-corrected chi connectivity index (χ1v) is 10.7. The van der Waals surface area contributed by atoms with E-state index in [1.54, 1.807) is 24.3 Å². The fourth-order valence-corrected chi connectivity index (χ4v) is 5.53. The van der Waals surface area contributed by atoms with Crippen LogP contribution in [0.3, 0.4) is 0 Å². The molecule has 158 valence electrons. The zero-order chi connectivity index (χ0) is 21.8. The summed E-state index contributed by atoms with van der Waals surface area (Å²) in [4.78, 5) is 26.9. The third-order valence-corrected chi connectivity index (χ3v) is 6.57. The zero-order valence-corrected chi connectivity index (χ0v) is 18.6. The molecule has 0 aliphatic carbocycles. The number of carbonyl (C=O) groups excluding carboxylic acids is 1. The van der Waals surface area contributed by atoms with Crippen molar-refractivity contribution in [3.8, 4) is 0 Å². The van der Waals surface area contributed by atoms with Crippen molar-refractivity contribution in [1.29, 1.82) is 0 Å². The second-order valence-electron chi connectivity index (χ2n) is 9.31. The highest BCUT2D eigenvalue weighted by Crippen LogP contribution is 2.58. The Labute approximate surface area is 186 Å². The zero-order valence-electron chi connectivity index (χ0n) is 17.1. The van der Waals surface area contributed by atoms with Gasteiger partial charge in [-0.3, -0.25) is 4.79 Å². The molecule has 3 atom stereocenters. The number of carboxylic acid groups (broad SMARTS) is 1. The number of amides is 2. The molecule has 2 heterocycles. The van der Waals surface area contributed by atoms with Gasteiger partial charge in [0.15, 0.2) is 0 Å². The van der Waals surface area contributed by atoms with Gasteiger partial charge in [-0.25, -0.2) is 9.69 Å². The third-order valence-electron chi connectivity index (χ3n) is 6.10. The first kappa shape index (κ1) is 21.2. The summed E-state index contributed by atoms with van der Waals surface area (Å²) < 4.78 is 0. The molecule has 2 aromatic carbocycles. The number of rotatable bonds is 2. The molecule has 5 nitrogen and oxygen atoms in total. The fraction of sp³-hybridized carbons (Fsp3) is 0.391. The SMILES string of the molecule is CC(C)(C)C[C@@H]1CN[C@H](c2cccc(Cl)c2)[C@]12C(=O)N(C(=O)O)c1cc(Cl)ccc12. The molecule has 4 rings (SSSR count). The molecule has 0 aromatic heterocycles. The Bertz CT molecular complexity index is 1030. The molecule has 2 N–H and O–H groups in total. The molecule has 1 saturated heterocycles. The van der Waals surface area contributed by atoms with E-state index in [-0.39, 0.29) is 11.3 Å². The van der Waals surface area contributed by atoms with Gasteiger partial charge in [-0.1, -0.05) is 62.2 Å². The highest BCUT2D eigenvalue weighted by atomic mass is 35.5. The number of anilines is 1. The standard InChI is InChI=1S/C23H24Cl2N2O3/c1-22(2,3)11-14-12-26-19(13-5-4-6-15(24)9-13)23(14)17-8-7-16(25)10-18(17)27(20(23)28)21(29)30/h4-10,14,19,26H,11-12H2,1-3H3,(H,29,30)/t14-,19-,23+/m1/s1. The largest absolute Gasteiger partial charge is 0.464 e. The minimum atomic E-state index is -1.30. The Balaban J connectivity index is 1.99. The van der Waals surface area contributed by atoms with Gasteiger partial charge in [0.05, 0.1) is 11.7 Å². The van der Waals surface area contributed by atoms with Crippen LogP contribution in [0.1, 0.15) is 44.4 Å². The molecule has 0 radical (unpaired) electrons. The second kappa shape index (κ2) is 7.26. The summed E-state index contributed by atoms with van der Waals surface area (Å²) in [5, 5.41) is 14.4. The Morgan fingerprint density at radius 3 is 2.53 bits per heavy atom. The van der Waals surface area contributed by atoms with Gasteiger partial charge >= 0.3 is 6.09 Å². The minimum Gasteiger partial charge on any atom is -0.464 e. The van der Waals surface area contributed by atoms with E-state index >= 15 is 0 Å². The summed E-state index contributed by atoms with van der Waals surface area (Å²) in [5.41, 5.74) is 0.793. The maximum Gasteiger partial charge on any atom is 0.418 e. The van der Waals surface area contributed by atoms with Crippen LogP contribution in [-0.4, -0.2) is 23.7 Å². The Morgan fingerprint density at radius 2 is 1.90 bits per heavy atom. The van der Waals surface area contributed by atoms with Crippen molar-refractivity contribution in [2.24, 2.45) is 11.3 Å². The molecule has 2 aliphatic heterocycles. The van der Waals surface area contributed by atoms with Gasteiger partial charge in [0.2, 0.25) is 5.91 Å². The number of fused-ring (bicyclic) bond motifs is 2. The molecule has 0 saturated carbocycles. The molecule has 7 heteroatoms. The van der Waals surface area contributed by atoms with Gasteiger partial charge in [-0.2, -0.15) is 0 Å². The van der Waals surface area contributed by atoms with Crippen molar-refractivity contribution >= 4 is 40.9 Å². The van der Waals surface area contributed by atoms with E-state index in [2.05, 4.69) is 26.1 Å². The van der Waals surface area contributed by atoms with Crippen molar-refractivity contribution in [2.45, 2.75) is 38.6 Å². The van der Waals surface area contributed by atoms with Crippen LogP contribution in [0, 0.1) is 11.3 Å². The number of carbonyl (C=O) groups is 2. The Morgan fingerprint density at radius 1 is 1.20 bits per heavy atom. The summed E-state index contributed by atoms with van der Waals surface area (Å²) in [6.07, 6.45) is -0.551. The molecule has 2 aromatic rings. The van der Waals surface area contributed by atoms with E-state index in [1.807, 2.05) is 18.2 Å². The monoisotopic (exact) mass is 446 g/mol. The molecule has 1 fully saturated rings. The Kier molecular flexibility index (Phi) is 5.12. The number of nitrogens with zero attached hydrogens (tertiary/aromatic N) is 1. The van der Waals surface area contributed by atoms with Crippen molar-refractivity contribution in [3.05, 3.63) is 63.6 Å². The lowest BCUT2D eigenvalue weighted by molar-refractivity contribution is -0.124. The average Bonchev–Trinajstić information content (AvgIpc) is 3.11. The van der Waals surface area contributed by atoms with Crippen LogP contribution in [0.15, 0.2) is 42.5 Å². The van der Waals surface area contributed by atoms with E-state index in [0.29, 0.717) is 27.8 Å². The lowest BCUT2D eigenvalue weighted by Gasteiger charge is -2.37. The van der Waals surface area contributed by atoms with Gasteiger partial charge in [0.1, 0.15) is 5.41 Å². The van der Waals surface area contributed by atoms with E-state index < -0.39 is 23.5 Å². The lowest BCUT2D eigenvalue weighted by Crippen LogP contribution is -2.49. The van der Waals surface area contributed by atoms with Crippen LogP contribution in [0.2, 0.25) is 10.0 Å². The van der Waals surface area contributed by atoms with Gasteiger partial charge in [0, 0.05) is 16.6 Å². The maximum atomic E-state index is 13.9. The van der Waals surface area contributed by atoms with Crippen LogP contribution in [0.4, 0.5) is 10.5 Å². The summed E-state index contributed by atoms with van der Waals surface area (Å²) in [7, 11) is 0. The van der Waals surface area contributed by atoms with Crippen LogP contribution < -0.4 is 10.2 Å². The predicted molar refractivity (Wildman–Crippen MR) is 118 cm³/mol. The number of hydrogen-bond acceptors (Lipinski definition) is 3. The summed E-state index contributed by atoms with van der Waals surface area (Å²) in [6, 6.07) is 12.1. The van der Waals surface area contributed by atoms with E-state index in [9.17, 15) is 14.7 Å². The van der Waals surface area contributed by atoms with Gasteiger partial charge in [-0.05, 0) is 53.1 Å². The molecule has 30 heavy (non-hydrogen) atoms. The minimum absolute atomic E-state index is 0.0495. The topological polar surface area (TPSA) is 69.6 Å². The summed E-state index contributed by atoms with van der Waals surface area (Å²) in [5.74, 6) is -0.533. The van der Waals surface area contributed by atoms with Crippen molar-refractivity contribution in [2.75, 3.05) is 11.4 Å². The second-order valence-corrected chi connectivity index (χ2v) is 10.2. The van der Waals surface area contributed by atoms with Crippen molar-refractivity contribution in [1.82, 2.24) is 5.32 Å². The number of nitrogens with one attached hydrogen (secondary N) is 1. The Hall–Kier alpha value is -2.08. The van der Waals surface area contributed by atoms with Gasteiger partial charge < -0.3 is 10.4 Å². The first-order valence-electron chi connectivity index (χ1n) is 9.92. The highest BCUT2D eigenvalue weighted by molar-refractivity contribution is 6.32.